The van der Waals surface area contributed by atoms with Gasteiger partial charge in [0.1, 0.15) is 5.75 Å². The molecule has 1 N–H and O–H groups in total. The summed E-state index contributed by atoms with van der Waals surface area (Å²) in [6.45, 7) is 4.56. The zero-order chi connectivity index (χ0) is 21.6. The summed E-state index contributed by atoms with van der Waals surface area (Å²) in [5.74, 6) is 0.760. The number of carbonyl (C=O) groups excluding carboxylic acids is 1. The van der Waals surface area contributed by atoms with Crippen molar-refractivity contribution in [2.24, 2.45) is 0 Å². The van der Waals surface area contributed by atoms with Gasteiger partial charge in [0.2, 0.25) is 0 Å². The number of hydrogen-bond donors (Lipinski definition) is 1. The van der Waals surface area contributed by atoms with Crippen LogP contribution in [0.2, 0.25) is 0 Å². The Kier molecular flexibility index (Phi) is 6.63. The van der Waals surface area contributed by atoms with Crippen molar-refractivity contribution in [3.63, 3.8) is 0 Å². The number of nitrogens with one attached hydrogen (secondary N) is 1. The Morgan fingerprint density at radius 3 is 2.39 bits per heavy atom. The van der Waals surface area contributed by atoms with Gasteiger partial charge in [0.15, 0.2) is 0 Å². The first kappa shape index (κ1) is 21.1. The van der Waals surface area contributed by atoms with E-state index in [1.54, 1.807) is 7.11 Å². The third kappa shape index (κ3) is 4.94. The van der Waals surface area contributed by atoms with Crippen molar-refractivity contribution >= 4 is 5.91 Å². The smallest absolute Gasteiger partial charge is 0.253 e. The van der Waals surface area contributed by atoms with Crippen molar-refractivity contribution < 1.29 is 9.53 Å². The molecular weight excluding hydrogens is 386 g/mol. The van der Waals surface area contributed by atoms with Gasteiger partial charge >= 0.3 is 0 Å². The monoisotopic (exact) mass is 415 g/mol. The highest BCUT2D eigenvalue weighted by molar-refractivity contribution is 5.95. The molecular formula is C26H29N3O2. The van der Waals surface area contributed by atoms with Crippen molar-refractivity contribution in [2.75, 3.05) is 26.7 Å². The molecule has 1 atom stereocenters. The average molecular weight is 416 g/mol. The third-order valence-electron chi connectivity index (χ3n) is 5.94. The second-order valence-corrected chi connectivity index (χ2v) is 7.94. The first-order valence-corrected chi connectivity index (χ1v) is 10.8. The predicted octanol–water partition coefficient (Wildman–Crippen LogP) is 4.63. The number of nitrogens with zero attached hydrogens (tertiary/aromatic N) is 2. The number of ether oxygens (including phenoxy) is 1. The van der Waals surface area contributed by atoms with Crippen molar-refractivity contribution in [1.82, 2.24) is 15.2 Å². The quantitative estimate of drug-likeness (QED) is 0.611. The van der Waals surface area contributed by atoms with E-state index in [0.717, 1.165) is 35.8 Å². The van der Waals surface area contributed by atoms with Gasteiger partial charge in [-0.2, -0.15) is 0 Å². The fourth-order valence-electron chi connectivity index (χ4n) is 4.19. The fraction of sp³-hybridized carbons (Fsp3) is 0.308. The molecule has 0 bridgehead atoms. The van der Waals surface area contributed by atoms with Crippen LogP contribution in [0.3, 0.4) is 0 Å². The van der Waals surface area contributed by atoms with Crippen LogP contribution in [-0.4, -0.2) is 42.5 Å². The molecule has 1 aliphatic heterocycles. The molecule has 0 saturated carbocycles. The third-order valence-corrected chi connectivity index (χ3v) is 5.94. The van der Waals surface area contributed by atoms with E-state index in [0.29, 0.717) is 12.1 Å². The molecule has 0 aliphatic carbocycles. The molecule has 5 nitrogen and oxygen atoms in total. The van der Waals surface area contributed by atoms with E-state index in [1.165, 1.54) is 18.4 Å². The van der Waals surface area contributed by atoms with E-state index >= 15 is 0 Å². The van der Waals surface area contributed by atoms with Gasteiger partial charge in [-0.3, -0.25) is 14.7 Å². The molecule has 0 radical (unpaired) electrons. The van der Waals surface area contributed by atoms with Crippen LogP contribution in [0, 0.1) is 6.92 Å². The number of hydrogen-bond acceptors (Lipinski definition) is 4. The minimum Gasteiger partial charge on any atom is -0.497 e. The van der Waals surface area contributed by atoms with Gasteiger partial charge < -0.3 is 10.1 Å². The van der Waals surface area contributed by atoms with E-state index < -0.39 is 0 Å². The van der Waals surface area contributed by atoms with Crippen LogP contribution in [0.15, 0.2) is 66.7 Å². The number of benzene rings is 2. The summed E-state index contributed by atoms with van der Waals surface area (Å²) in [5.41, 5.74) is 4.47. The molecule has 2 aromatic carbocycles. The maximum Gasteiger partial charge on any atom is 0.253 e. The number of pyridine rings is 1. The van der Waals surface area contributed by atoms with Crippen LogP contribution < -0.4 is 10.1 Å². The molecule has 31 heavy (non-hydrogen) atoms. The first-order chi connectivity index (χ1) is 15.2. The van der Waals surface area contributed by atoms with Gasteiger partial charge in [-0.25, -0.2) is 0 Å². The topological polar surface area (TPSA) is 54.5 Å². The lowest BCUT2D eigenvalue weighted by Gasteiger charge is -2.28. The zero-order valence-electron chi connectivity index (χ0n) is 18.2. The maximum absolute atomic E-state index is 13.0. The largest absolute Gasteiger partial charge is 0.497 e. The number of aromatic nitrogens is 1. The Morgan fingerprint density at radius 1 is 1.03 bits per heavy atom. The van der Waals surface area contributed by atoms with E-state index in [-0.39, 0.29) is 11.9 Å². The summed E-state index contributed by atoms with van der Waals surface area (Å²) in [4.78, 5) is 20.1. The molecule has 1 saturated heterocycles. The lowest BCUT2D eigenvalue weighted by molar-refractivity contribution is 0.0937. The molecule has 1 unspecified atom stereocenters. The highest BCUT2D eigenvalue weighted by Gasteiger charge is 2.24. The van der Waals surface area contributed by atoms with Crippen LogP contribution in [0.5, 0.6) is 5.75 Å². The Labute approximate surface area is 184 Å². The van der Waals surface area contributed by atoms with E-state index in [9.17, 15) is 4.79 Å². The van der Waals surface area contributed by atoms with Gasteiger partial charge in [-0.1, -0.05) is 42.5 Å². The molecule has 2 heterocycles. The molecule has 1 aliphatic rings. The fourth-order valence-corrected chi connectivity index (χ4v) is 4.19. The normalized spacial score (nSPS) is 14.9. The predicted molar refractivity (Wildman–Crippen MR) is 123 cm³/mol. The maximum atomic E-state index is 13.0. The minimum atomic E-state index is -0.0812. The Hall–Kier alpha value is -3.18. The molecule has 1 aromatic heterocycles. The molecule has 1 fully saturated rings. The van der Waals surface area contributed by atoms with Crippen LogP contribution in [0.4, 0.5) is 0 Å². The van der Waals surface area contributed by atoms with Gasteiger partial charge in [-0.15, -0.1) is 0 Å². The molecule has 1 amide bonds. The summed E-state index contributed by atoms with van der Waals surface area (Å²) < 4.78 is 5.29. The van der Waals surface area contributed by atoms with Gasteiger partial charge in [-0.05, 0) is 62.7 Å². The summed E-state index contributed by atoms with van der Waals surface area (Å²) in [6.07, 6.45) is 2.40. The summed E-state index contributed by atoms with van der Waals surface area (Å²) in [5, 5.41) is 3.15. The number of likely N-dealkylation sites (tertiary alicyclic amines) is 1. The zero-order valence-corrected chi connectivity index (χ0v) is 18.2. The highest BCUT2D eigenvalue weighted by atomic mass is 16.5. The van der Waals surface area contributed by atoms with Crippen molar-refractivity contribution in [3.8, 4) is 17.0 Å². The molecule has 5 heteroatoms. The first-order valence-electron chi connectivity index (χ1n) is 10.8. The van der Waals surface area contributed by atoms with Crippen LogP contribution >= 0.6 is 0 Å². The number of methoxy groups -OCH3 is 1. The second-order valence-electron chi connectivity index (χ2n) is 7.94. The molecule has 0 spiro atoms. The molecule has 160 valence electrons. The standard InChI is InChI=1S/C26H29N3O2/c1-19-23(14-15-24(28-19)20-8-4-3-5-9-20)26(30)27-18-25(29-16-6-7-17-29)21-10-12-22(31-2)13-11-21/h3-5,8-15,25H,6-7,16-18H2,1-2H3,(H,27,30). The van der Waals surface area contributed by atoms with Gasteiger partial charge in [0.05, 0.1) is 30.1 Å². The second kappa shape index (κ2) is 9.75. The van der Waals surface area contributed by atoms with Crippen molar-refractivity contribution in [3.05, 3.63) is 83.6 Å². The molecule has 4 rings (SSSR count). The lowest BCUT2D eigenvalue weighted by Crippen LogP contribution is -2.37. The Balaban J connectivity index is 1.48. The van der Waals surface area contributed by atoms with Crippen molar-refractivity contribution in [1.29, 1.82) is 0 Å². The Bertz CT molecular complexity index is 1010. The number of aryl methyl sites for hydroxylation is 1. The molecule has 3 aromatic rings. The summed E-state index contributed by atoms with van der Waals surface area (Å²) >= 11 is 0. The lowest BCUT2D eigenvalue weighted by atomic mass is 10.0. The van der Waals surface area contributed by atoms with Crippen LogP contribution in [0.1, 0.15) is 40.5 Å². The van der Waals surface area contributed by atoms with Crippen LogP contribution in [-0.2, 0) is 0 Å². The number of rotatable bonds is 7. The van der Waals surface area contributed by atoms with E-state index in [4.69, 9.17) is 4.74 Å². The summed E-state index contributed by atoms with van der Waals surface area (Å²) in [6, 6.07) is 22.1. The Morgan fingerprint density at radius 2 is 1.74 bits per heavy atom. The highest BCUT2D eigenvalue weighted by Crippen LogP contribution is 2.26. The van der Waals surface area contributed by atoms with Gasteiger partial charge in [0.25, 0.3) is 5.91 Å². The summed E-state index contributed by atoms with van der Waals surface area (Å²) in [7, 11) is 1.67. The minimum absolute atomic E-state index is 0.0812. The SMILES string of the molecule is COc1ccc(C(CNC(=O)c2ccc(-c3ccccc3)nc2C)N2CCCC2)cc1. The average Bonchev–Trinajstić information content (AvgIpc) is 3.34. The number of carbonyl (C=O) groups is 1. The van der Waals surface area contributed by atoms with Gasteiger partial charge in [0, 0.05) is 12.1 Å². The van der Waals surface area contributed by atoms with E-state index in [2.05, 4.69) is 27.3 Å². The van der Waals surface area contributed by atoms with Crippen molar-refractivity contribution in [2.45, 2.75) is 25.8 Å². The number of amides is 1. The van der Waals surface area contributed by atoms with E-state index in [1.807, 2.05) is 61.5 Å². The van der Waals surface area contributed by atoms with Crippen LogP contribution in [0.25, 0.3) is 11.3 Å².